The van der Waals surface area contributed by atoms with Crippen molar-refractivity contribution < 1.29 is 28.6 Å². The largest absolute Gasteiger partial charge is 0.505 e. The van der Waals surface area contributed by atoms with Crippen LogP contribution in [0.5, 0.6) is 5.75 Å². The number of ether oxygens (including phenoxy) is 1. The zero-order chi connectivity index (χ0) is 23.0. The van der Waals surface area contributed by atoms with Crippen LogP contribution in [-0.4, -0.2) is 66.4 Å². The Hall–Kier alpha value is -3.17. The number of rotatable bonds is 7. The Morgan fingerprint density at radius 3 is 2.53 bits per heavy atom. The van der Waals surface area contributed by atoms with Crippen LogP contribution in [0, 0.1) is 6.92 Å². The number of anilines is 1. The van der Waals surface area contributed by atoms with E-state index in [1.54, 1.807) is 26.2 Å². The van der Waals surface area contributed by atoms with Crippen molar-refractivity contribution in [2.75, 3.05) is 26.0 Å². The van der Waals surface area contributed by atoms with Gasteiger partial charge < -0.3 is 24.5 Å². The smallest absolute Gasteiger partial charge is 0.257 e. The zero-order valence-corrected chi connectivity index (χ0v) is 18.3. The van der Waals surface area contributed by atoms with E-state index in [1.807, 2.05) is 19.1 Å². The number of aromatic hydroxyl groups is 1. The molecule has 4 atom stereocenters. The maximum Gasteiger partial charge on any atom is 0.257 e. The lowest BCUT2D eigenvalue weighted by Gasteiger charge is -2.38. The number of benzene rings is 1. The Bertz CT molecular complexity index is 1040. The number of hydrogen-bond acceptors (Lipinski definition) is 8. The number of amides is 1. The average molecular weight is 441 g/mol. The molecule has 0 bridgehead atoms. The van der Waals surface area contributed by atoms with E-state index in [-0.39, 0.29) is 29.0 Å². The summed E-state index contributed by atoms with van der Waals surface area (Å²) in [6.45, 7) is 2.46. The Morgan fingerprint density at radius 2 is 1.91 bits per heavy atom. The molecule has 170 valence electrons. The average Bonchev–Trinajstić information content (AvgIpc) is 3.45. The Kier molecular flexibility index (Phi) is 6.03. The molecule has 9 heteroatoms. The van der Waals surface area contributed by atoms with E-state index >= 15 is 0 Å². The molecule has 0 spiro atoms. The molecule has 1 amide bonds. The van der Waals surface area contributed by atoms with E-state index < -0.39 is 29.7 Å². The Labute approximate surface area is 185 Å². The van der Waals surface area contributed by atoms with E-state index in [2.05, 4.69) is 10.6 Å². The van der Waals surface area contributed by atoms with Gasteiger partial charge in [-0.15, -0.1) is 0 Å². The van der Waals surface area contributed by atoms with Crippen LogP contribution < -0.4 is 10.6 Å². The minimum atomic E-state index is -0.891. The number of nitrogens with zero attached hydrogens (tertiary/aromatic N) is 1. The number of phenols is 1. The second-order valence-corrected chi connectivity index (χ2v) is 8.37. The lowest BCUT2D eigenvalue weighted by molar-refractivity contribution is -0.146. The molecule has 1 aromatic carbocycles. The summed E-state index contributed by atoms with van der Waals surface area (Å²) in [4.78, 5) is 38.5. The molecule has 2 fully saturated rings. The van der Waals surface area contributed by atoms with Crippen LogP contribution >= 0.6 is 0 Å². The number of nitrogens with one attached hydrogen (secondary N) is 2. The molecule has 1 saturated carbocycles. The van der Waals surface area contributed by atoms with Gasteiger partial charge in [-0.3, -0.25) is 19.7 Å². The molecule has 0 radical (unpaired) electrons. The summed E-state index contributed by atoms with van der Waals surface area (Å²) in [6, 6.07) is 6.23. The first kappa shape index (κ1) is 22.0. The van der Waals surface area contributed by atoms with Crippen molar-refractivity contribution >= 4 is 23.2 Å². The first-order valence-corrected chi connectivity index (χ1v) is 10.6. The van der Waals surface area contributed by atoms with Crippen LogP contribution in [0.1, 0.15) is 40.8 Å². The quantitative estimate of drug-likeness (QED) is 0.439. The highest BCUT2D eigenvalue weighted by atomic mass is 16.5. The molecule has 2 aromatic rings. The number of furan rings is 1. The predicted molar refractivity (Wildman–Crippen MR) is 116 cm³/mol. The first-order valence-electron chi connectivity index (χ1n) is 10.6. The van der Waals surface area contributed by atoms with Gasteiger partial charge in [0.1, 0.15) is 23.6 Å². The highest BCUT2D eigenvalue weighted by Crippen LogP contribution is 2.33. The monoisotopic (exact) mass is 441 g/mol. The van der Waals surface area contributed by atoms with Gasteiger partial charge in [0.05, 0.1) is 23.4 Å². The number of carbonyl (C=O) groups excluding carboxylic acids is 3. The van der Waals surface area contributed by atoms with Gasteiger partial charge in [-0.05, 0) is 44.0 Å². The van der Waals surface area contributed by atoms with E-state index in [9.17, 15) is 19.5 Å². The van der Waals surface area contributed by atoms with E-state index in [1.165, 1.54) is 11.0 Å². The number of carbonyl (C=O) groups is 3. The van der Waals surface area contributed by atoms with Crippen LogP contribution in [0.25, 0.3) is 0 Å². The summed E-state index contributed by atoms with van der Waals surface area (Å²) in [5.41, 5.74) is 0.309. The van der Waals surface area contributed by atoms with Crippen molar-refractivity contribution in [3.63, 3.8) is 0 Å². The first-order chi connectivity index (χ1) is 15.3. The second kappa shape index (κ2) is 8.76. The number of Topliss-reactive ketones (excluding diaryl/α,β-unsaturated/α-hetero) is 2. The standard InChI is InChI=1S/C23H27N3O6/c1-12-9-10-16(32-12)17(15-8-5-11-31-15)25-19-18(21(28)22(19)29)24-14-7-4-6-13(20(14)27)23(30)26(2)3/h4,6-7,9-10,15,17-19,24-25,27H,5,8,11H2,1-3H3/t15-,17?,18?,19?/m1/s1. The predicted octanol–water partition coefficient (Wildman–Crippen LogP) is 1.81. The van der Waals surface area contributed by atoms with Crippen molar-refractivity contribution in [3.05, 3.63) is 47.4 Å². The number of para-hydroxylation sites is 1. The minimum absolute atomic E-state index is 0.103. The van der Waals surface area contributed by atoms with E-state index in [0.717, 1.165) is 18.6 Å². The number of hydrogen-bond donors (Lipinski definition) is 3. The molecular formula is C23H27N3O6. The summed E-state index contributed by atoms with van der Waals surface area (Å²) < 4.78 is 11.6. The molecule has 2 aliphatic rings. The highest BCUT2D eigenvalue weighted by molar-refractivity contribution is 6.49. The van der Waals surface area contributed by atoms with Gasteiger partial charge in [0.15, 0.2) is 5.75 Å². The second-order valence-electron chi connectivity index (χ2n) is 8.37. The number of aryl methyl sites for hydroxylation is 1. The SMILES string of the molecule is Cc1ccc(C(NC2C(=O)C(=O)C2Nc2cccc(C(=O)N(C)C)c2O)[C@H]2CCCO2)o1. The molecule has 3 N–H and O–H groups in total. The molecule has 9 nitrogen and oxygen atoms in total. The van der Waals surface area contributed by atoms with Gasteiger partial charge in [-0.25, -0.2) is 0 Å². The summed E-state index contributed by atoms with van der Waals surface area (Å²) in [5.74, 6) is -0.399. The number of phenolic OH excluding ortho intramolecular Hbond substituents is 1. The van der Waals surface area contributed by atoms with Gasteiger partial charge in [0, 0.05) is 20.7 Å². The fourth-order valence-electron chi connectivity index (χ4n) is 4.13. The van der Waals surface area contributed by atoms with Crippen molar-refractivity contribution in [2.45, 2.75) is 44.0 Å². The molecule has 32 heavy (non-hydrogen) atoms. The van der Waals surface area contributed by atoms with Gasteiger partial charge in [-0.1, -0.05) is 6.07 Å². The van der Waals surface area contributed by atoms with Crippen molar-refractivity contribution in [2.24, 2.45) is 0 Å². The Morgan fingerprint density at radius 1 is 1.16 bits per heavy atom. The van der Waals surface area contributed by atoms with Gasteiger partial charge in [0.2, 0.25) is 11.6 Å². The van der Waals surface area contributed by atoms with Crippen LogP contribution in [0.2, 0.25) is 0 Å². The summed E-state index contributed by atoms with van der Waals surface area (Å²) in [6.07, 6.45) is 1.53. The molecule has 2 heterocycles. The van der Waals surface area contributed by atoms with Crippen LogP contribution in [-0.2, 0) is 14.3 Å². The molecule has 1 aromatic heterocycles. The van der Waals surface area contributed by atoms with Crippen molar-refractivity contribution in [1.82, 2.24) is 10.2 Å². The maximum atomic E-state index is 12.5. The molecular weight excluding hydrogens is 414 g/mol. The zero-order valence-electron chi connectivity index (χ0n) is 18.3. The summed E-state index contributed by atoms with van der Waals surface area (Å²) in [7, 11) is 3.16. The van der Waals surface area contributed by atoms with E-state index in [0.29, 0.717) is 12.4 Å². The summed E-state index contributed by atoms with van der Waals surface area (Å²) in [5, 5.41) is 16.8. The van der Waals surface area contributed by atoms with Gasteiger partial charge in [-0.2, -0.15) is 0 Å². The molecule has 1 aliphatic carbocycles. The normalized spacial score (nSPS) is 23.7. The highest BCUT2D eigenvalue weighted by Gasteiger charge is 2.51. The third-order valence-corrected chi connectivity index (χ3v) is 5.89. The fraction of sp³-hybridized carbons (Fsp3) is 0.435. The lowest BCUT2D eigenvalue weighted by atomic mass is 9.81. The lowest BCUT2D eigenvalue weighted by Crippen LogP contribution is -2.68. The molecule has 1 saturated heterocycles. The van der Waals surface area contributed by atoms with Crippen LogP contribution in [0.15, 0.2) is 34.7 Å². The molecule has 4 rings (SSSR count). The third-order valence-electron chi connectivity index (χ3n) is 5.89. The van der Waals surface area contributed by atoms with Crippen molar-refractivity contribution in [3.8, 4) is 5.75 Å². The van der Waals surface area contributed by atoms with E-state index in [4.69, 9.17) is 9.15 Å². The fourth-order valence-corrected chi connectivity index (χ4v) is 4.13. The van der Waals surface area contributed by atoms with Gasteiger partial charge >= 0.3 is 0 Å². The van der Waals surface area contributed by atoms with Crippen molar-refractivity contribution in [1.29, 1.82) is 0 Å². The summed E-state index contributed by atoms with van der Waals surface area (Å²) >= 11 is 0. The third kappa shape index (κ3) is 4.01. The maximum absolute atomic E-state index is 12.5. The Balaban J connectivity index is 1.56. The molecule has 1 aliphatic heterocycles. The minimum Gasteiger partial charge on any atom is -0.505 e. The van der Waals surface area contributed by atoms with Crippen LogP contribution in [0.3, 0.4) is 0 Å². The topological polar surface area (TPSA) is 121 Å². The van der Waals surface area contributed by atoms with Crippen LogP contribution in [0.4, 0.5) is 5.69 Å². The molecule has 3 unspecified atom stereocenters. The number of ketones is 2. The van der Waals surface area contributed by atoms with Gasteiger partial charge in [0.25, 0.3) is 5.91 Å².